The summed E-state index contributed by atoms with van der Waals surface area (Å²) in [4.78, 5) is 21.9. The highest BCUT2D eigenvalue weighted by Crippen LogP contribution is 2.27. The molecule has 1 aliphatic heterocycles. The standard InChI is InChI=1S/C14H20ClN3O2/c1-14(2,3)20-13(19)18-8-5-10(6-9-18)11-4-7-16-12(15)17-11/h4,7,10H,5-6,8-9H2,1-3H3. The number of piperidine rings is 1. The molecule has 0 spiro atoms. The maximum atomic E-state index is 12.0. The molecule has 2 rings (SSSR count). The second kappa shape index (κ2) is 5.95. The van der Waals surface area contributed by atoms with Crippen molar-refractivity contribution in [3.05, 3.63) is 23.2 Å². The molecule has 0 radical (unpaired) electrons. The molecule has 0 atom stereocenters. The van der Waals surface area contributed by atoms with Crippen molar-refractivity contribution in [3.8, 4) is 0 Å². The SMILES string of the molecule is CC(C)(C)OC(=O)N1CCC(c2ccnc(Cl)n2)CC1. The van der Waals surface area contributed by atoms with Crippen LogP contribution in [-0.4, -0.2) is 39.7 Å². The van der Waals surface area contributed by atoms with Gasteiger partial charge in [-0.25, -0.2) is 14.8 Å². The minimum absolute atomic E-state index is 0.239. The second-order valence-electron chi connectivity index (χ2n) is 5.99. The molecular formula is C14H20ClN3O2. The van der Waals surface area contributed by atoms with E-state index in [2.05, 4.69) is 9.97 Å². The van der Waals surface area contributed by atoms with Gasteiger partial charge < -0.3 is 9.64 Å². The molecule has 1 aromatic rings. The van der Waals surface area contributed by atoms with Crippen LogP contribution in [0.3, 0.4) is 0 Å². The first-order valence-electron chi connectivity index (χ1n) is 6.81. The minimum atomic E-state index is -0.450. The van der Waals surface area contributed by atoms with Gasteiger partial charge in [0.1, 0.15) is 5.60 Å². The molecule has 0 aliphatic carbocycles. The maximum Gasteiger partial charge on any atom is 0.410 e. The van der Waals surface area contributed by atoms with Crippen molar-refractivity contribution >= 4 is 17.7 Å². The van der Waals surface area contributed by atoms with Crippen LogP contribution in [0.5, 0.6) is 0 Å². The van der Waals surface area contributed by atoms with Crippen molar-refractivity contribution in [1.29, 1.82) is 0 Å². The van der Waals surface area contributed by atoms with Gasteiger partial charge in [-0.05, 0) is 51.3 Å². The Balaban J connectivity index is 1.91. The molecule has 0 N–H and O–H groups in total. The van der Waals surface area contributed by atoms with E-state index in [1.807, 2.05) is 26.8 Å². The molecule has 1 fully saturated rings. The fourth-order valence-electron chi connectivity index (χ4n) is 2.26. The first-order valence-corrected chi connectivity index (χ1v) is 7.19. The molecule has 1 aliphatic rings. The number of hydrogen-bond donors (Lipinski definition) is 0. The van der Waals surface area contributed by atoms with E-state index >= 15 is 0 Å². The highest BCUT2D eigenvalue weighted by atomic mass is 35.5. The number of amides is 1. The van der Waals surface area contributed by atoms with Crippen LogP contribution in [0.2, 0.25) is 5.28 Å². The van der Waals surface area contributed by atoms with E-state index < -0.39 is 5.60 Å². The molecule has 0 unspecified atom stereocenters. The van der Waals surface area contributed by atoms with E-state index in [1.54, 1.807) is 11.1 Å². The van der Waals surface area contributed by atoms with Crippen molar-refractivity contribution in [3.63, 3.8) is 0 Å². The monoisotopic (exact) mass is 297 g/mol. The van der Waals surface area contributed by atoms with Crippen molar-refractivity contribution in [2.75, 3.05) is 13.1 Å². The van der Waals surface area contributed by atoms with Gasteiger partial charge in [0.2, 0.25) is 5.28 Å². The third kappa shape index (κ3) is 4.07. The van der Waals surface area contributed by atoms with Crippen molar-refractivity contribution < 1.29 is 9.53 Å². The van der Waals surface area contributed by atoms with Gasteiger partial charge in [0.05, 0.1) is 0 Å². The average Bonchev–Trinajstić information content (AvgIpc) is 2.37. The first kappa shape index (κ1) is 15.0. The zero-order valence-electron chi connectivity index (χ0n) is 12.1. The van der Waals surface area contributed by atoms with Gasteiger partial charge >= 0.3 is 6.09 Å². The van der Waals surface area contributed by atoms with Crippen LogP contribution in [0.4, 0.5) is 4.79 Å². The molecule has 1 aromatic heterocycles. The highest BCUT2D eigenvalue weighted by molar-refractivity contribution is 6.28. The summed E-state index contributed by atoms with van der Waals surface area (Å²) in [7, 11) is 0. The Morgan fingerprint density at radius 1 is 1.40 bits per heavy atom. The van der Waals surface area contributed by atoms with E-state index in [1.165, 1.54) is 0 Å². The van der Waals surface area contributed by atoms with Gasteiger partial charge in [0.25, 0.3) is 0 Å². The summed E-state index contributed by atoms with van der Waals surface area (Å²) in [6, 6.07) is 1.89. The highest BCUT2D eigenvalue weighted by Gasteiger charge is 2.28. The van der Waals surface area contributed by atoms with Crippen LogP contribution in [0.1, 0.15) is 45.2 Å². The van der Waals surface area contributed by atoms with Gasteiger partial charge in [-0.1, -0.05) is 0 Å². The van der Waals surface area contributed by atoms with Gasteiger partial charge in [-0.3, -0.25) is 0 Å². The third-order valence-corrected chi connectivity index (χ3v) is 3.39. The lowest BCUT2D eigenvalue weighted by molar-refractivity contribution is 0.0204. The second-order valence-corrected chi connectivity index (χ2v) is 6.33. The van der Waals surface area contributed by atoms with Crippen LogP contribution >= 0.6 is 11.6 Å². The zero-order chi connectivity index (χ0) is 14.8. The Morgan fingerprint density at radius 2 is 2.05 bits per heavy atom. The van der Waals surface area contributed by atoms with E-state index in [0.717, 1.165) is 18.5 Å². The fourth-order valence-corrected chi connectivity index (χ4v) is 2.41. The van der Waals surface area contributed by atoms with Gasteiger partial charge in [-0.15, -0.1) is 0 Å². The van der Waals surface area contributed by atoms with E-state index in [0.29, 0.717) is 19.0 Å². The summed E-state index contributed by atoms with van der Waals surface area (Å²) in [5.74, 6) is 0.328. The number of rotatable bonds is 1. The topological polar surface area (TPSA) is 55.3 Å². The normalized spacial score (nSPS) is 17.1. The Hall–Kier alpha value is -1.36. The number of halogens is 1. The van der Waals surface area contributed by atoms with Crippen LogP contribution in [0.15, 0.2) is 12.3 Å². The number of carbonyl (C=O) groups is 1. The largest absolute Gasteiger partial charge is 0.444 e. The summed E-state index contributed by atoms with van der Waals surface area (Å²) in [6.45, 7) is 6.99. The molecule has 0 saturated carbocycles. The number of likely N-dealkylation sites (tertiary alicyclic amines) is 1. The number of aromatic nitrogens is 2. The summed E-state index contributed by atoms with van der Waals surface area (Å²) >= 11 is 5.81. The van der Waals surface area contributed by atoms with Crippen molar-refractivity contribution in [1.82, 2.24) is 14.9 Å². The van der Waals surface area contributed by atoms with E-state index in [4.69, 9.17) is 16.3 Å². The molecular weight excluding hydrogens is 278 g/mol. The number of hydrogen-bond acceptors (Lipinski definition) is 4. The number of carbonyl (C=O) groups excluding carboxylic acids is 1. The van der Waals surface area contributed by atoms with Crippen molar-refractivity contribution in [2.45, 2.75) is 45.1 Å². The van der Waals surface area contributed by atoms with Gasteiger partial charge in [-0.2, -0.15) is 0 Å². The van der Waals surface area contributed by atoms with Crippen molar-refractivity contribution in [2.24, 2.45) is 0 Å². The van der Waals surface area contributed by atoms with E-state index in [9.17, 15) is 4.79 Å². The fraction of sp³-hybridized carbons (Fsp3) is 0.643. The molecule has 0 aromatic carbocycles. The Kier molecular flexibility index (Phi) is 4.48. The quantitative estimate of drug-likeness (QED) is 0.747. The zero-order valence-corrected chi connectivity index (χ0v) is 12.9. The minimum Gasteiger partial charge on any atom is -0.444 e. The molecule has 1 amide bonds. The number of ether oxygens (including phenoxy) is 1. The van der Waals surface area contributed by atoms with Crippen LogP contribution in [0, 0.1) is 0 Å². The molecule has 6 heteroatoms. The Labute approximate surface area is 124 Å². The van der Waals surface area contributed by atoms with Crippen LogP contribution in [0.25, 0.3) is 0 Å². The maximum absolute atomic E-state index is 12.0. The van der Waals surface area contributed by atoms with Crippen LogP contribution in [-0.2, 0) is 4.74 Å². The lowest BCUT2D eigenvalue weighted by atomic mass is 9.93. The smallest absolute Gasteiger partial charge is 0.410 e. The summed E-state index contributed by atoms with van der Waals surface area (Å²) < 4.78 is 5.38. The predicted octanol–water partition coefficient (Wildman–Crippen LogP) is 3.24. The lowest BCUT2D eigenvalue weighted by Gasteiger charge is -2.33. The first-order chi connectivity index (χ1) is 9.35. The Morgan fingerprint density at radius 3 is 2.60 bits per heavy atom. The molecule has 110 valence electrons. The summed E-state index contributed by atoms with van der Waals surface area (Å²) in [5, 5.41) is 0.275. The molecule has 5 nitrogen and oxygen atoms in total. The lowest BCUT2D eigenvalue weighted by Crippen LogP contribution is -2.41. The third-order valence-electron chi connectivity index (χ3n) is 3.21. The van der Waals surface area contributed by atoms with Gasteiger partial charge in [0, 0.05) is 30.9 Å². The molecule has 1 saturated heterocycles. The molecule has 20 heavy (non-hydrogen) atoms. The van der Waals surface area contributed by atoms with Crippen LogP contribution < -0.4 is 0 Å². The predicted molar refractivity (Wildman–Crippen MR) is 76.8 cm³/mol. The summed E-state index contributed by atoms with van der Waals surface area (Å²) in [5.41, 5.74) is 0.502. The Bertz CT molecular complexity index is 480. The summed E-state index contributed by atoms with van der Waals surface area (Å²) in [6.07, 6.45) is 3.17. The van der Waals surface area contributed by atoms with E-state index in [-0.39, 0.29) is 11.4 Å². The average molecular weight is 298 g/mol. The molecule has 2 heterocycles. The van der Waals surface area contributed by atoms with Gasteiger partial charge in [0.15, 0.2) is 0 Å². The molecule has 0 bridgehead atoms. The number of nitrogens with zero attached hydrogens (tertiary/aromatic N) is 3.